The third-order valence-corrected chi connectivity index (χ3v) is 6.24. The molecule has 0 aromatic heterocycles. The number of alkyl halides is 3. The Kier molecular flexibility index (Phi) is 10.6. The summed E-state index contributed by atoms with van der Waals surface area (Å²) in [4.78, 5) is 1.90. The van der Waals surface area contributed by atoms with Crippen LogP contribution in [-0.2, 0) is 6.42 Å². The number of hydrogen-bond donors (Lipinski definition) is 1. The fraction of sp³-hybridized carbons (Fsp3) is 0.500. The van der Waals surface area contributed by atoms with Gasteiger partial charge in [-0.3, -0.25) is 0 Å². The first-order valence-electron chi connectivity index (χ1n) is 12.2. The van der Waals surface area contributed by atoms with Crippen molar-refractivity contribution in [1.82, 2.24) is 4.90 Å². The molecule has 0 heterocycles. The Morgan fingerprint density at radius 3 is 2.26 bits per heavy atom. The molecule has 2 rings (SSSR count). The van der Waals surface area contributed by atoms with Gasteiger partial charge in [-0.15, -0.1) is 0 Å². The minimum absolute atomic E-state index is 0.0419. The van der Waals surface area contributed by atoms with Crippen LogP contribution in [0.2, 0.25) is 0 Å². The summed E-state index contributed by atoms with van der Waals surface area (Å²) in [6, 6.07) is 12.6. The van der Waals surface area contributed by atoms with Crippen LogP contribution >= 0.6 is 0 Å². The molecule has 0 spiro atoms. The second-order valence-electron chi connectivity index (χ2n) is 9.11. The summed E-state index contributed by atoms with van der Waals surface area (Å²) in [6.45, 7) is 12.7. The first-order valence-corrected chi connectivity index (χ1v) is 12.2. The monoisotopic (exact) mass is 478 g/mol. The number of anilines is 1. The molecule has 0 bridgehead atoms. The molecule has 0 saturated heterocycles. The topological polar surface area (TPSA) is 15.3 Å². The van der Waals surface area contributed by atoms with Crippen LogP contribution in [0.5, 0.6) is 0 Å². The number of nitrogens with one attached hydrogen (secondary N) is 1. The van der Waals surface area contributed by atoms with Gasteiger partial charge in [0.25, 0.3) is 0 Å². The van der Waals surface area contributed by atoms with Crippen LogP contribution in [-0.4, -0.2) is 30.7 Å². The number of rotatable bonds is 13. The lowest BCUT2D eigenvalue weighted by atomic mass is 9.92. The zero-order valence-electron chi connectivity index (χ0n) is 20.8. The molecule has 0 saturated carbocycles. The molecular formula is C28H38F4N2. The summed E-state index contributed by atoms with van der Waals surface area (Å²) >= 11 is 0. The highest BCUT2D eigenvalue weighted by atomic mass is 19.4. The smallest absolute Gasteiger partial charge is 0.359 e. The van der Waals surface area contributed by atoms with Gasteiger partial charge < -0.3 is 10.2 Å². The minimum atomic E-state index is -4.34. The van der Waals surface area contributed by atoms with Crippen molar-refractivity contribution in [3.8, 4) is 0 Å². The summed E-state index contributed by atoms with van der Waals surface area (Å²) < 4.78 is 56.0. The lowest BCUT2D eigenvalue weighted by molar-refractivity contribution is -0.179. The van der Waals surface area contributed by atoms with Crippen LogP contribution in [0.25, 0.3) is 0 Å². The van der Waals surface area contributed by atoms with Crippen LogP contribution in [0.4, 0.5) is 23.2 Å². The number of hydrogen-bond acceptors (Lipinski definition) is 2. The molecule has 0 fully saturated rings. The van der Waals surface area contributed by atoms with Gasteiger partial charge in [0.05, 0.1) is 5.92 Å². The van der Waals surface area contributed by atoms with E-state index in [1.807, 2.05) is 62.9 Å². The van der Waals surface area contributed by atoms with Crippen LogP contribution in [0.1, 0.15) is 62.6 Å². The van der Waals surface area contributed by atoms with Gasteiger partial charge in [0.2, 0.25) is 0 Å². The van der Waals surface area contributed by atoms with Crippen molar-refractivity contribution in [3.63, 3.8) is 0 Å². The molecule has 2 atom stereocenters. The van der Waals surface area contributed by atoms with Crippen LogP contribution in [0.15, 0.2) is 54.7 Å². The van der Waals surface area contributed by atoms with Gasteiger partial charge >= 0.3 is 6.18 Å². The maximum Gasteiger partial charge on any atom is 0.393 e. The number of benzene rings is 2. The molecule has 6 heteroatoms. The standard InChI is InChI=1S/C28H38F4N2/c1-6-15-34(18-23(8-3)24-11-14-27(29)22(7-2)17-24)19-25(28(30,31)32)16-21(5)33-26-12-9-20(4)10-13-26/h9-14,17,23,25,33H,5-8,15-16,18-19H2,1-4H3. The fourth-order valence-corrected chi connectivity index (χ4v) is 4.26. The Morgan fingerprint density at radius 2 is 1.71 bits per heavy atom. The maximum atomic E-state index is 14.0. The summed E-state index contributed by atoms with van der Waals surface area (Å²) in [6.07, 6.45) is -2.41. The third kappa shape index (κ3) is 8.46. The maximum absolute atomic E-state index is 14.0. The van der Waals surface area contributed by atoms with Gasteiger partial charge in [-0.1, -0.05) is 57.2 Å². The van der Waals surface area contributed by atoms with Crippen molar-refractivity contribution in [1.29, 1.82) is 0 Å². The molecule has 34 heavy (non-hydrogen) atoms. The molecule has 2 nitrogen and oxygen atoms in total. The Hall–Kier alpha value is -2.34. The van der Waals surface area contributed by atoms with Gasteiger partial charge in [-0.05, 0) is 74.4 Å². The van der Waals surface area contributed by atoms with Crippen LogP contribution in [0, 0.1) is 18.7 Å². The Morgan fingerprint density at radius 1 is 1.03 bits per heavy atom. The zero-order chi connectivity index (χ0) is 25.3. The van der Waals surface area contributed by atoms with Crippen molar-refractivity contribution in [3.05, 3.63) is 77.2 Å². The summed E-state index contributed by atoms with van der Waals surface area (Å²) in [5.41, 5.74) is 3.79. The van der Waals surface area contributed by atoms with Gasteiger partial charge in [0.1, 0.15) is 5.82 Å². The number of nitrogens with zero attached hydrogens (tertiary/aromatic N) is 1. The van der Waals surface area contributed by atoms with E-state index < -0.39 is 12.1 Å². The van der Waals surface area contributed by atoms with Gasteiger partial charge in [-0.2, -0.15) is 13.2 Å². The molecule has 1 N–H and O–H groups in total. The quantitative estimate of drug-likeness (QED) is 0.293. The van der Waals surface area contributed by atoms with E-state index in [-0.39, 0.29) is 24.7 Å². The number of allylic oxidation sites excluding steroid dienone is 1. The SMILES string of the molecule is C=C(CC(CN(CCC)CC(CC)c1ccc(F)c(CC)c1)C(F)(F)F)Nc1ccc(C)cc1. The van der Waals surface area contributed by atoms with Crippen molar-refractivity contribution in [2.24, 2.45) is 5.92 Å². The molecule has 0 aliphatic rings. The second kappa shape index (κ2) is 12.9. The van der Waals surface area contributed by atoms with E-state index in [4.69, 9.17) is 0 Å². The summed E-state index contributed by atoms with van der Waals surface area (Å²) in [5.74, 6) is -1.72. The first kappa shape index (κ1) is 27.9. The average molecular weight is 479 g/mol. The van der Waals surface area contributed by atoms with E-state index >= 15 is 0 Å². The van der Waals surface area contributed by atoms with Crippen LogP contribution in [0.3, 0.4) is 0 Å². The second-order valence-corrected chi connectivity index (χ2v) is 9.11. The molecule has 2 aromatic carbocycles. The van der Waals surface area contributed by atoms with Crippen molar-refractivity contribution >= 4 is 5.69 Å². The third-order valence-electron chi connectivity index (χ3n) is 6.24. The Balaban J connectivity index is 2.14. The normalized spacial score (nSPS) is 13.7. The predicted molar refractivity (Wildman–Crippen MR) is 134 cm³/mol. The lowest BCUT2D eigenvalue weighted by Crippen LogP contribution is -2.39. The van der Waals surface area contributed by atoms with Gasteiger partial charge in [0.15, 0.2) is 0 Å². The summed E-state index contributed by atoms with van der Waals surface area (Å²) in [7, 11) is 0. The summed E-state index contributed by atoms with van der Waals surface area (Å²) in [5, 5.41) is 3.02. The molecule has 0 aliphatic carbocycles. The molecule has 0 radical (unpaired) electrons. The lowest BCUT2D eigenvalue weighted by Gasteiger charge is -2.32. The molecule has 0 aliphatic heterocycles. The molecule has 2 unspecified atom stereocenters. The highest BCUT2D eigenvalue weighted by Crippen LogP contribution is 2.33. The van der Waals surface area contributed by atoms with Crippen molar-refractivity contribution < 1.29 is 17.6 Å². The van der Waals surface area contributed by atoms with E-state index in [2.05, 4.69) is 11.9 Å². The Bertz CT molecular complexity index is 906. The minimum Gasteiger partial charge on any atom is -0.359 e. The highest BCUT2D eigenvalue weighted by molar-refractivity contribution is 5.48. The largest absolute Gasteiger partial charge is 0.393 e. The average Bonchev–Trinajstić information content (AvgIpc) is 2.78. The van der Waals surface area contributed by atoms with E-state index in [0.717, 1.165) is 29.7 Å². The Labute approximate surface area is 202 Å². The first-order chi connectivity index (χ1) is 16.1. The fourth-order valence-electron chi connectivity index (χ4n) is 4.26. The van der Waals surface area contributed by atoms with E-state index in [0.29, 0.717) is 30.8 Å². The van der Waals surface area contributed by atoms with E-state index in [1.165, 1.54) is 6.07 Å². The van der Waals surface area contributed by atoms with E-state index in [9.17, 15) is 17.6 Å². The van der Waals surface area contributed by atoms with Gasteiger partial charge in [-0.25, -0.2) is 4.39 Å². The zero-order valence-corrected chi connectivity index (χ0v) is 20.8. The number of aryl methyl sites for hydroxylation is 2. The molecule has 2 aromatic rings. The van der Waals surface area contributed by atoms with Crippen LogP contribution < -0.4 is 5.32 Å². The molecule has 0 amide bonds. The highest BCUT2D eigenvalue weighted by Gasteiger charge is 2.40. The predicted octanol–water partition coefficient (Wildman–Crippen LogP) is 8.10. The molecule has 188 valence electrons. The van der Waals surface area contributed by atoms with Crippen molar-refractivity contribution in [2.75, 3.05) is 25.0 Å². The van der Waals surface area contributed by atoms with E-state index in [1.54, 1.807) is 6.07 Å². The van der Waals surface area contributed by atoms with Gasteiger partial charge in [0, 0.05) is 24.5 Å². The van der Waals surface area contributed by atoms with Crippen molar-refractivity contribution in [2.45, 2.75) is 65.5 Å². The number of halogens is 4. The molecular weight excluding hydrogens is 440 g/mol.